The minimum Gasteiger partial charge on any atom is -0.341 e. The fourth-order valence-electron chi connectivity index (χ4n) is 3.28. The first-order valence-corrected chi connectivity index (χ1v) is 11.4. The molecule has 2 aromatic carbocycles. The lowest BCUT2D eigenvalue weighted by atomic mass is 10.1. The molecule has 6 heteroatoms. The summed E-state index contributed by atoms with van der Waals surface area (Å²) in [6.07, 6.45) is 1.82. The number of para-hydroxylation sites is 1. The van der Waals surface area contributed by atoms with Crippen molar-refractivity contribution in [2.45, 2.75) is 51.4 Å². The molecule has 0 unspecified atom stereocenters. The quantitative estimate of drug-likeness (QED) is 0.390. The number of aryl methyl sites for hydroxylation is 1. The molecule has 0 spiro atoms. The SMILES string of the molecule is CCc1ccc(CN(C)C(=O)CSc2nc3ccccc3c(=O)n2[C@@H](C)CC)cc1. The molecular formula is C24H29N3O2S. The Balaban J connectivity index is 1.76. The van der Waals surface area contributed by atoms with E-state index in [0.717, 1.165) is 18.4 Å². The van der Waals surface area contributed by atoms with Crippen molar-refractivity contribution in [1.82, 2.24) is 14.5 Å². The van der Waals surface area contributed by atoms with Crippen LogP contribution in [-0.2, 0) is 17.8 Å². The van der Waals surface area contributed by atoms with Crippen LogP contribution in [-0.4, -0.2) is 33.2 Å². The Hall–Kier alpha value is -2.60. The van der Waals surface area contributed by atoms with Crippen LogP contribution < -0.4 is 5.56 Å². The van der Waals surface area contributed by atoms with E-state index in [-0.39, 0.29) is 23.3 Å². The summed E-state index contributed by atoms with van der Waals surface area (Å²) in [6, 6.07) is 15.7. The first kappa shape index (κ1) is 22.1. The van der Waals surface area contributed by atoms with Crippen molar-refractivity contribution in [3.63, 3.8) is 0 Å². The van der Waals surface area contributed by atoms with Gasteiger partial charge in [-0.25, -0.2) is 4.98 Å². The van der Waals surface area contributed by atoms with Crippen LogP contribution in [0.3, 0.4) is 0 Å². The van der Waals surface area contributed by atoms with Crippen LogP contribution in [0.5, 0.6) is 0 Å². The van der Waals surface area contributed by atoms with E-state index in [0.29, 0.717) is 22.6 Å². The van der Waals surface area contributed by atoms with Crippen molar-refractivity contribution in [3.05, 3.63) is 70.0 Å². The van der Waals surface area contributed by atoms with E-state index in [1.54, 1.807) is 15.5 Å². The highest BCUT2D eigenvalue weighted by atomic mass is 32.2. The second-order valence-corrected chi connectivity index (χ2v) is 8.49. The fourth-order valence-corrected chi connectivity index (χ4v) is 4.32. The molecule has 3 rings (SSSR count). The number of aromatic nitrogens is 2. The smallest absolute Gasteiger partial charge is 0.262 e. The summed E-state index contributed by atoms with van der Waals surface area (Å²) in [5.41, 5.74) is 3.01. The summed E-state index contributed by atoms with van der Waals surface area (Å²) in [6.45, 7) is 6.74. The normalized spacial score (nSPS) is 12.1. The lowest BCUT2D eigenvalue weighted by molar-refractivity contribution is -0.127. The number of rotatable bonds is 8. The van der Waals surface area contributed by atoms with Gasteiger partial charge in [0.25, 0.3) is 5.56 Å². The predicted molar refractivity (Wildman–Crippen MR) is 124 cm³/mol. The molecule has 30 heavy (non-hydrogen) atoms. The lowest BCUT2D eigenvalue weighted by Crippen LogP contribution is -2.29. The van der Waals surface area contributed by atoms with Gasteiger partial charge in [-0.2, -0.15) is 0 Å². The van der Waals surface area contributed by atoms with Gasteiger partial charge in [0.15, 0.2) is 5.16 Å². The fraction of sp³-hybridized carbons (Fsp3) is 0.375. The van der Waals surface area contributed by atoms with E-state index >= 15 is 0 Å². The van der Waals surface area contributed by atoms with Crippen molar-refractivity contribution in [2.24, 2.45) is 0 Å². The first-order valence-electron chi connectivity index (χ1n) is 10.4. The molecule has 0 aliphatic heterocycles. The number of thioether (sulfide) groups is 1. The van der Waals surface area contributed by atoms with E-state index in [4.69, 9.17) is 4.98 Å². The molecule has 1 atom stereocenters. The largest absolute Gasteiger partial charge is 0.341 e. The number of carbonyl (C=O) groups excluding carboxylic acids is 1. The Morgan fingerprint density at radius 2 is 1.77 bits per heavy atom. The van der Waals surface area contributed by atoms with Crippen LogP contribution in [0.1, 0.15) is 44.4 Å². The van der Waals surface area contributed by atoms with Crippen LogP contribution >= 0.6 is 11.8 Å². The molecule has 0 aliphatic carbocycles. The zero-order valence-corrected chi connectivity index (χ0v) is 18.9. The topological polar surface area (TPSA) is 55.2 Å². The molecule has 0 fully saturated rings. The summed E-state index contributed by atoms with van der Waals surface area (Å²) >= 11 is 1.33. The highest BCUT2D eigenvalue weighted by Crippen LogP contribution is 2.23. The molecule has 0 saturated carbocycles. The zero-order valence-electron chi connectivity index (χ0n) is 18.1. The monoisotopic (exact) mass is 423 g/mol. The van der Waals surface area contributed by atoms with Gasteiger partial charge < -0.3 is 4.90 Å². The molecule has 1 heterocycles. The average Bonchev–Trinajstić information content (AvgIpc) is 2.77. The summed E-state index contributed by atoms with van der Waals surface area (Å²) in [7, 11) is 1.81. The molecule has 158 valence electrons. The van der Waals surface area contributed by atoms with Crippen LogP contribution in [0.15, 0.2) is 58.5 Å². The Bertz CT molecular complexity index is 1080. The van der Waals surface area contributed by atoms with Crippen molar-refractivity contribution < 1.29 is 4.79 Å². The van der Waals surface area contributed by atoms with E-state index in [2.05, 4.69) is 31.2 Å². The molecule has 0 saturated heterocycles. The van der Waals surface area contributed by atoms with Crippen LogP contribution in [0.25, 0.3) is 10.9 Å². The third-order valence-corrected chi connectivity index (χ3v) is 6.35. The summed E-state index contributed by atoms with van der Waals surface area (Å²) in [4.78, 5) is 32.2. The lowest BCUT2D eigenvalue weighted by Gasteiger charge is -2.20. The standard InChI is InChI=1S/C24H29N3O2S/c1-5-17(3)27-23(29)20-9-7-8-10-21(20)25-24(27)30-16-22(28)26(4)15-19-13-11-18(6-2)12-14-19/h7-14,17H,5-6,15-16H2,1-4H3/t17-/m0/s1. The van der Waals surface area contributed by atoms with Crippen LogP contribution in [0.4, 0.5) is 0 Å². The van der Waals surface area contributed by atoms with Gasteiger partial charge in [0, 0.05) is 19.6 Å². The summed E-state index contributed by atoms with van der Waals surface area (Å²) in [5.74, 6) is 0.253. The molecule has 0 aliphatic rings. The van der Waals surface area contributed by atoms with Gasteiger partial charge in [0.1, 0.15) is 0 Å². The second-order valence-electron chi connectivity index (χ2n) is 7.55. The van der Waals surface area contributed by atoms with Gasteiger partial charge in [0.2, 0.25) is 5.91 Å². The van der Waals surface area contributed by atoms with E-state index < -0.39 is 0 Å². The maximum Gasteiger partial charge on any atom is 0.262 e. The summed E-state index contributed by atoms with van der Waals surface area (Å²) < 4.78 is 1.73. The molecule has 1 amide bonds. The van der Waals surface area contributed by atoms with Gasteiger partial charge in [-0.1, -0.05) is 62.0 Å². The number of hydrogen-bond donors (Lipinski definition) is 0. The number of carbonyl (C=O) groups is 1. The Labute approximate surface area is 182 Å². The Morgan fingerprint density at radius 3 is 2.43 bits per heavy atom. The maximum absolute atomic E-state index is 13.0. The summed E-state index contributed by atoms with van der Waals surface area (Å²) in [5, 5.41) is 1.21. The zero-order chi connectivity index (χ0) is 21.7. The predicted octanol–water partition coefficient (Wildman–Crippen LogP) is 4.68. The van der Waals surface area contributed by atoms with Crippen LogP contribution in [0, 0.1) is 0 Å². The molecule has 0 N–H and O–H groups in total. The second kappa shape index (κ2) is 9.94. The molecule has 0 radical (unpaired) electrons. The molecule has 3 aromatic rings. The minimum atomic E-state index is -0.0470. The minimum absolute atomic E-state index is 0.0117. The number of hydrogen-bond acceptors (Lipinski definition) is 4. The van der Waals surface area contributed by atoms with Crippen molar-refractivity contribution in [1.29, 1.82) is 0 Å². The third-order valence-electron chi connectivity index (χ3n) is 5.41. The first-order chi connectivity index (χ1) is 14.4. The number of nitrogens with zero attached hydrogens (tertiary/aromatic N) is 3. The van der Waals surface area contributed by atoms with E-state index in [1.807, 2.05) is 39.1 Å². The number of fused-ring (bicyclic) bond motifs is 1. The van der Waals surface area contributed by atoms with Gasteiger partial charge >= 0.3 is 0 Å². The van der Waals surface area contributed by atoms with Gasteiger partial charge in [-0.15, -0.1) is 0 Å². The van der Waals surface area contributed by atoms with Crippen LogP contribution in [0.2, 0.25) is 0 Å². The third kappa shape index (κ3) is 4.93. The number of benzene rings is 2. The van der Waals surface area contributed by atoms with Crippen molar-refractivity contribution in [2.75, 3.05) is 12.8 Å². The van der Waals surface area contributed by atoms with Crippen molar-refractivity contribution >= 4 is 28.6 Å². The highest BCUT2D eigenvalue weighted by molar-refractivity contribution is 7.99. The van der Waals surface area contributed by atoms with Gasteiger partial charge in [-0.05, 0) is 43.0 Å². The van der Waals surface area contributed by atoms with Gasteiger partial charge in [-0.3, -0.25) is 14.2 Å². The van der Waals surface area contributed by atoms with Gasteiger partial charge in [0.05, 0.1) is 16.7 Å². The van der Waals surface area contributed by atoms with Crippen molar-refractivity contribution in [3.8, 4) is 0 Å². The van der Waals surface area contributed by atoms with E-state index in [1.165, 1.54) is 17.3 Å². The maximum atomic E-state index is 13.0. The van der Waals surface area contributed by atoms with E-state index in [9.17, 15) is 9.59 Å². The Morgan fingerprint density at radius 1 is 1.10 bits per heavy atom. The Kier molecular flexibility index (Phi) is 7.32. The average molecular weight is 424 g/mol. The molecular weight excluding hydrogens is 394 g/mol. The number of amides is 1. The highest BCUT2D eigenvalue weighted by Gasteiger charge is 2.18. The molecule has 0 bridgehead atoms. The molecule has 1 aromatic heterocycles. The molecule has 5 nitrogen and oxygen atoms in total.